The van der Waals surface area contributed by atoms with Crippen molar-refractivity contribution in [3.63, 3.8) is 0 Å². The van der Waals surface area contributed by atoms with Gasteiger partial charge in [-0.3, -0.25) is 0 Å². The molecule has 1 N–H and O–H groups in total. The maximum atomic E-state index is 12.5. The Labute approximate surface area is 122 Å². The van der Waals surface area contributed by atoms with Crippen LogP contribution in [0.3, 0.4) is 0 Å². The molecule has 0 aromatic heterocycles. The predicted octanol–water partition coefficient (Wildman–Crippen LogP) is 2.36. The van der Waals surface area contributed by atoms with E-state index in [4.69, 9.17) is 0 Å². The van der Waals surface area contributed by atoms with Gasteiger partial charge >= 0.3 is 0 Å². The molecule has 0 unspecified atom stereocenters. The second kappa shape index (κ2) is 6.70. The van der Waals surface area contributed by atoms with Crippen LogP contribution >= 0.6 is 0 Å². The summed E-state index contributed by atoms with van der Waals surface area (Å²) in [4.78, 5) is 0.408. The van der Waals surface area contributed by atoms with Crippen molar-refractivity contribution < 1.29 is 8.42 Å². The van der Waals surface area contributed by atoms with Crippen LogP contribution in [0.15, 0.2) is 29.2 Å². The molecule has 0 radical (unpaired) electrons. The fourth-order valence-electron chi connectivity index (χ4n) is 2.31. The third-order valence-electron chi connectivity index (χ3n) is 3.55. The first kappa shape index (κ1) is 15.5. The molecule has 1 aliphatic carbocycles. The standard InChI is InChI=1S/C15H24N2O2S/c1-3-11-16-12-13-5-9-15(10-6-13)20(18,19)17(4-2)14-7-8-14/h5-6,9-10,14,16H,3-4,7-8,11-12H2,1-2H3. The highest BCUT2D eigenvalue weighted by molar-refractivity contribution is 7.89. The summed E-state index contributed by atoms with van der Waals surface area (Å²) in [5, 5.41) is 3.31. The molecule has 0 heterocycles. The van der Waals surface area contributed by atoms with Crippen LogP contribution in [0, 0.1) is 0 Å². The first-order valence-electron chi connectivity index (χ1n) is 7.41. The fourth-order valence-corrected chi connectivity index (χ4v) is 4.01. The van der Waals surface area contributed by atoms with Crippen LogP contribution < -0.4 is 5.32 Å². The molecule has 4 nitrogen and oxygen atoms in total. The van der Waals surface area contributed by atoms with Gasteiger partial charge in [-0.25, -0.2) is 8.42 Å². The van der Waals surface area contributed by atoms with Gasteiger partial charge in [-0.05, 0) is 43.5 Å². The highest BCUT2D eigenvalue weighted by Gasteiger charge is 2.36. The van der Waals surface area contributed by atoms with Crippen molar-refractivity contribution in [3.8, 4) is 0 Å². The molecule has 1 saturated carbocycles. The van der Waals surface area contributed by atoms with E-state index in [0.29, 0.717) is 11.4 Å². The molecule has 0 spiro atoms. The quantitative estimate of drug-likeness (QED) is 0.749. The van der Waals surface area contributed by atoms with Crippen LogP contribution in [0.2, 0.25) is 0 Å². The SMILES string of the molecule is CCCNCc1ccc(S(=O)(=O)N(CC)C2CC2)cc1. The zero-order valence-corrected chi connectivity index (χ0v) is 13.1. The van der Waals surface area contributed by atoms with Crippen LogP contribution in [0.1, 0.15) is 38.7 Å². The summed E-state index contributed by atoms with van der Waals surface area (Å²) < 4.78 is 26.7. The molecule has 0 bridgehead atoms. The van der Waals surface area contributed by atoms with E-state index >= 15 is 0 Å². The maximum Gasteiger partial charge on any atom is 0.243 e. The predicted molar refractivity (Wildman–Crippen MR) is 81.0 cm³/mol. The normalized spacial score (nSPS) is 15.8. The summed E-state index contributed by atoms with van der Waals surface area (Å²) in [7, 11) is -3.32. The number of hydrogen-bond donors (Lipinski definition) is 1. The molecule has 1 fully saturated rings. The van der Waals surface area contributed by atoms with Crippen molar-refractivity contribution in [1.29, 1.82) is 0 Å². The molecule has 2 rings (SSSR count). The van der Waals surface area contributed by atoms with Gasteiger partial charge in [0.1, 0.15) is 0 Å². The van der Waals surface area contributed by atoms with E-state index in [1.54, 1.807) is 16.4 Å². The van der Waals surface area contributed by atoms with Crippen LogP contribution in [-0.2, 0) is 16.6 Å². The lowest BCUT2D eigenvalue weighted by Crippen LogP contribution is -2.32. The highest BCUT2D eigenvalue weighted by atomic mass is 32.2. The summed E-state index contributed by atoms with van der Waals surface area (Å²) in [6.45, 7) is 6.34. The summed E-state index contributed by atoms with van der Waals surface area (Å²) >= 11 is 0. The van der Waals surface area contributed by atoms with Gasteiger partial charge in [-0.1, -0.05) is 26.0 Å². The molecule has 1 aromatic rings. The second-order valence-corrected chi connectivity index (χ2v) is 7.15. The Morgan fingerprint density at radius 3 is 2.35 bits per heavy atom. The Hall–Kier alpha value is -0.910. The van der Waals surface area contributed by atoms with Crippen molar-refractivity contribution in [3.05, 3.63) is 29.8 Å². The van der Waals surface area contributed by atoms with Gasteiger partial charge in [0.2, 0.25) is 10.0 Å². The monoisotopic (exact) mass is 296 g/mol. The highest BCUT2D eigenvalue weighted by Crippen LogP contribution is 2.31. The maximum absolute atomic E-state index is 12.5. The third kappa shape index (κ3) is 3.59. The van der Waals surface area contributed by atoms with E-state index in [0.717, 1.165) is 37.9 Å². The number of hydrogen-bond acceptors (Lipinski definition) is 3. The number of nitrogens with one attached hydrogen (secondary N) is 1. The zero-order valence-electron chi connectivity index (χ0n) is 12.3. The minimum atomic E-state index is -3.32. The average Bonchev–Trinajstić information content (AvgIpc) is 3.25. The molecule has 112 valence electrons. The zero-order chi connectivity index (χ0) is 14.6. The molecule has 5 heteroatoms. The van der Waals surface area contributed by atoms with Crippen molar-refractivity contribution >= 4 is 10.0 Å². The van der Waals surface area contributed by atoms with Crippen molar-refractivity contribution in [2.45, 2.75) is 50.6 Å². The lowest BCUT2D eigenvalue weighted by Gasteiger charge is -2.20. The molecule has 0 aliphatic heterocycles. The average molecular weight is 296 g/mol. The molecular weight excluding hydrogens is 272 g/mol. The molecule has 0 amide bonds. The van der Waals surface area contributed by atoms with Crippen LogP contribution in [-0.4, -0.2) is 31.9 Å². The largest absolute Gasteiger partial charge is 0.313 e. The number of nitrogens with zero attached hydrogens (tertiary/aromatic N) is 1. The van der Waals surface area contributed by atoms with Gasteiger partial charge < -0.3 is 5.32 Å². The molecular formula is C15H24N2O2S. The first-order valence-corrected chi connectivity index (χ1v) is 8.85. The van der Waals surface area contributed by atoms with E-state index < -0.39 is 10.0 Å². The number of benzene rings is 1. The minimum absolute atomic E-state index is 0.218. The van der Waals surface area contributed by atoms with Crippen molar-refractivity contribution in [1.82, 2.24) is 9.62 Å². The van der Waals surface area contributed by atoms with E-state index in [9.17, 15) is 8.42 Å². The first-order chi connectivity index (χ1) is 9.59. The topological polar surface area (TPSA) is 49.4 Å². The summed E-state index contributed by atoms with van der Waals surface area (Å²) in [5.41, 5.74) is 1.12. The third-order valence-corrected chi connectivity index (χ3v) is 5.59. The van der Waals surface area contributed by atoms with Crippen molar-refractivity contribution in [2.75, 3.05) is 13.1 Å². The van der Waals surface area contributed by atoms with Crippen molar-refractivity contribution in [2.24, 2.45) is 0 Å². The fraction of sp³-hybridized carbons (Fsp3) is 0.600. The van der Waals surface area contributed by atoms with Gasteiger partial charge in [-0.2, -0.15) is 4.31 Å². The summed E-state index contributed by atoms with van der Waals surface area (Å²) in [6, 6.07) is 7.47. The molecule has 20 heavy (non-hydrogen) atoms. The summed E-state index contributed by atoms with van der Waals surface area (Å²) in [6.07, 6.45) is 3.08. The molecule has 0 atom stereocenters. The smallest absolute Gasteiger partial charge is 0.243 e. The van der Waals surface area contributed by atoms with E-state index in [2.05, 4.69) is 12.2 Å². The van der Waals surface area contributed by atoms with Crippen LogP contribution in [0.4, 0.5) is 0 Å². The molecule has 1 aromatic carbocycles. The lowest BCUT2D eigenvalue weighted by molar-refractivity contribution is 0.421. The Kier molecular flexibility index (Phi) is 5.18. The van der Waals surface area contributed by atoms with E-state index in [1.807, 2.05) is 19.1 Å². The number of sulfonamides is 1. The van der Waals surface area contributed by atoms with Gasteiger partial charge in [0.25, 0.3) is 0 Å². The van der Waals surface area contributed by atoms with E-state index in [1.165, 1.54) is 0 Å². The van der Waals surface area contributed by atoms with Crippen LogP contribution in [0.25, 0.3) is 0 Å². The Morgan fingerprint density at radius 2 is 1.85 bits per heavy atom. The Morgan fingerprint density at radius 1 is 1.20 bits per heavy atom. The van der Waals surface area contributed by atoms with Gasteiger partial charge in [-0.15, -0.1) is 0 Å². The second-order valence-electron chi connectivity index (χ2n) is 5.26. The minimum Gasteiger partial charge on any atom is -0.313 e. The lowest BCUT2D eigenvalue weighted by atomic mass is 10.2. The Balaban J connectivity index is 2.08. The van der Waals surface area contributed by atoms with E-state index in [-0.39, 0.29) is 6.04 Å². The Bertz CT molecular complexity index is 521. The summed E-state index contributed by atoms with van der Waals surface area (Å²) in [5.74, 6) is 0. The molecule has 1 aliphatic rings. The van der Waals surface area contributed by atoms with Gasteiger partial charge in [0, 0.05) is 19.1 Å². The van der Waals surface area contributed by atoms with Crippen LogP contribution in [0.5, 0.6) is 0 Å². The van der Waals surface area contributed by atoms with Gasteiger partial charge in [0.15, 0.2) is 0 Å². The number of rotatable bonds is 8. The molecule has 0 saturated heterocycles. The van der Waals surface area contributed by atoms with Gasteiger partial charge in [0.05, 0.1) is 4.90 Å².